The minimum Gasteiger partial charge on any atom is -0.384 e. The zero-order valence-electron chi connectivity index (χ0n) is 13.1. The molecule has 1 aliphatic heterocycles. The summed E-state index contributed by atoms with van der Waals surface area (Å²) in [6, 6.07) is 5.51. The van der Waals surface area contributed by atoms with Crippen molar-refractivity contribution in [1.82, 2.24) is 19.7 Å². The van der Waals surface area contributed by atoms with E-state index in [1.807, 2.05) is 41.9 Å². The lowest BCUT2D eigenvalue weighted by molar-refractivity contribution is 0.0670. The molecule has 0 aliphatic carbocycles. The monoisotopic (exact) mass is 300 g/mol. The predicted molar refractivity (Wildman–Crippen MR) is 81.5 cm³/mol. The number of fused-ring (bicyclic) bond motifs is 1. The summed E-state index contributed by atoms with van der Waals surface area (Å²) in [6.45, 7) is 3.64. The number of amides is 1. The van der Waals surface area contributed by atoms with Gasteiger partial charge in [0.2, 0.25) is 0 Å². The molecular weight excluding hydrogens is 280 g/mol. The number of methoxy groups -OCH3 is 1. The first-order chi connectivity index (χ1) is 10.6. The van der Waals surface area contributed by atoms with Gasteiger partial charge in [-0.25, -0.2) is 4.98 Å². The molecule has 22 heavy (non-hydrogen) atoms. The highest BCUT2D eigenvalue weighted by atomic mass is 16.5. The van der Waals surface area contributed by atoms with Crippen molar-refractivity contribution in [1.29, 1.82) is 0 Å². The Balaban J connectivity index is 1.89. The first-order valence-electron chi connectivity index (χ1n) is 7.32. The largest absolute Gasteiger partial charge is 0.384 e. The van der Waals surface area contributed by atoms with Gasteiger partial charge in [-0.1, -0.05) is 6.07 Å². The van der Waals surface area contributed by atoms with Crippen molar-refractivity contribution < 1.29 is 9.53 Å². The maximum atomic E-state index is 12.7. The molecule has 6 nitrogen and oxygen atoms in total. The normalized spacial score (nSPS) is 17.4. The number of ether oxygens (including phenoxy) is 1. The van der Waals surface area contributed by atoms with E-state index < -0.39 is 0 Å². The van der Waals surface area contributed by atoms with Gasteiger partial charge < -0.3 is 9.64 Å². The second kappa shape index (κ2) is 5.88. The Hall–Kier alpha value is -2.21. The van der Waals surface area contributed by atoms with E-state index in [1.54, 1.807) is 13.2 Å². The smallest absolute Gasteiger partial charge is 0.272 e. The van der Waals surface area contributed by atoms with Gasteiger partial charge in [-0.2, -0.15) is 5.10 Å². The van der Waals surface area contributed by atoms with Crippen LogP contribution in [0, 0.1) is 6.92 Å². The first-order valence-corrected chi connectivity index (χ1v) is 7.32. The lowest BCUT2D eigenvalue weighted by Gasteiger charge is -2.32. The van der Waals surface area contributed by atoms with Gasteiger partial charge in [0.15, 0.2) is 0 Å². The van der Waals surface area contributed by atoms with Crippen LogP contribution >= 0.6 is 0 Å². The van der Waals surface area contributed by atoms with Gasteiger partial charge in [-0.05, 0) is 19.1 Å². The molecule has 1 atom stereocenters. The van der Waals surface area contributed by atoms with Gasteiger partial charge in [-0.3, -0.25) is 9.48 Å². The number of carbonyl (C=O) groups excluding carboxylic acids is 1. The van der Waals surface area contributed by atoms with Crippen molar-refractivity contribution in [2.75, 3.05) is 20.3 Å². The van der Waals surface area contributed by atoms with Gasteiger partial charge >= 0.3 is 0 Å². The van der Waals surface area contributed by atoms with Crippen LogP contribution in [0.15, 0.2) is 24.4 Å². The van der Waals surface area contributed by atoms with Crippen molar-refractivity contribution in [2.24, 2.45) is 7.05 Å². The Morgan fingerprint density at radius 2 is 2.27 bits per heavy atom. The molecule has 2 aromatic rings. The van der Waals surface area contributed by atoms with Crippen molar-refractivity contribution in [3.8, 4) is 0 Å². The Bertz CT molecular complexity index is 695. The van der Waals surface area contributed by atoms with Crippen molar-refractivity contribution >= 4 is 5.91 Å². The number of nitrogens with zero attached hydrogens (tertiary/aromatic N) is 4. The van der Waals surface area contributed by atoms with Crippen LogP contribution in [0.1, 0.15) is 33.4 Å². The molecule has 116 valence electrons. The van der Waals surface area contributed by atoms with Crippen LogP contribution in [0.5, 0.6) is 0 Å². The molecule has 1 aliphatic rings. The summed E-state index contributed by atoms with van der Waals surface area (Å²) in [7, 11) is 3.61. The molecule has 0 fully saturated rings. The fourth-order valence-corrected chi connectivity index (χ4v) is 3.08. The summed E-state index contributed by atoms with van der Waals surface area (Å²) in [5.41, 5.74) is 3.57. The molecule has 0 saturated carbocycles. The molecule has 1 unspecified atom stereocenters. The highest BCUT2D eigenvalue weighted by molar-refractivity contribution is 5.92. The highest BCUT2D eigenvalue weighted by Crippen LogP contribution is 2.28. The molecule has 1 amide bonds. The van der Waals surface area contributed by atoms with Gasteiger partial charge in [0.1, 0.15) is 5.69 Å². The van der Waals surface area contributed by atoms with Crippen LogP contribution < -0.4 is 0 Å². The molecule has 0 aromatic carbocycles. The number of pyridine rings is 1. The van der Waals surface area contributed by atoms with E-state index in [0.29, 0.717) is 25.4 Å². The summed E-state index contributed by atoms with van der Waals surface area (Å²) in [4.78, 5) is 18.9. The average molecular weight is 300 g/mol. The second-order valence-electron chi connectivity index (χ2n) is 5.68. The fourth-order valence-electron chi connectivity index (χ4n) is 3.08. The first kappa shape index (κ1) is 14.7. The number of hydrogen-bond donors (Lipinski definition) is 0. The molecule has 2 aromatic heterocycles. The number of rotatable bonds is 3. The third-order valence-electron chi connectivity index (χ3n) is 4.02. The minimum atomic E-state index is -0.0423. The third kappa shape index (κ3) is 2.62. The van der Waals surface area contributed by atoms with E-state index in [0.717, 1.165) is 17.0 Å². The molecule has 0 bridgehead atoms. The zero-order chi connectivity index (χ0) is 15.7. The van der Waals surface area contributed by atoms with Crippen LogP contribution in [0.2, 0.25) is 0 Å². The van der Waals surface area contributed by atoms with Gasteiger partial charge in [-0.15, -0.1) is 0 Å². The molecule has 3 rings (SSSR count). The Labute approximate surface area is 129 Å². The van der Waals surface area contributed by atoms with Crippen LogP contribution in [0.25, 0.3) is 0 Å². The maximum absolute atomic E-state index is 12.7. The van der Waals surface area contributed by atoms with Crippen LogP contribution in [-0.2, 0) is 18.3 Å². The van der Waals surface area contributed by atoms with Gasteiger partial charge in [0, 0.05) is 44.4 Å². The van der Waals surface area contributed by atoms with Crippen LogP contribution in [0.3, 0.4) is 0 Å². The SMILES string of the molecule is COCC1CN(C(=O)c2cccc(C)n2)Cc2cnn(C)c21. The minimum absolute atomic E-state index is 0.0423. The van der Waals surface area contributed by atoms with E-state index in [-0.39, 0.29) is 11.8 Å². The molecule has 6 heteroatoms. The van der Waals surface area contributed by atoms with E-state index >= 15 is 0 Å². The topological polar surface area (TPSA) is 60.2 Å². The molecule has 0 radical (unpaired) electrons. The Kier molecular flexibility index (Phi) is 3.94. The summed E-state index contributed by atoms with van der Waals surface area (Å²) < 4.78 is 7.20. The molecule has 0 saturated heterocycles. The number of aromatic nitrogens is 3. The van der Waals surface area contributed by atoms with E-state index in [4.69, 9.17) is 4.74 Å². The number of carbonyl (C=O) groups is 1. The predicted octanol–water partition coefficient (Wildman–Crippen LogP) is 1.51. The number of hydrogen-bond acceptors (Lipinski definition) is 4. The summed E-state index contributed by atoms with van der Waals surface area (Å²) >= 11 is 0. The van der Waals surface area contributed by atoms with E-state index in [9.17, 15) is 4.79 Å². The molecule has 0 N–H and O–H groups in total. The molecule has 3 heterocycles. The molecule has 0 spiro atoms. The second-order valence-corrected chi connectivity index (χ2v) is 5.68. The third-order valence-corrected chi connectivity index (χ3v) is 4.02. The highest BCUT2D eigenvalue weighted by Gasteiger charge is 2.31. The lowest BCUT2D eigenvalue weighted by atomic mass is 9.96. The number of aryl methyl sites for hydroxylation is 2. The summed E-state index contributed by atoms with van der Waals surface area (Å²) in [5.74, 6) is 0.0920. The Morgan fingerprint density at radius 3 is 3.00 bits per heavy atom. The average Bonchev–Trinajstić information content (AvgIpc) is 2.88. The van der Waals surface area contributed by atoms with Crippen LogP contribution in [0.4, 0.5) is 0 Å². The van der Waals surface area contributed by atoms with Crippen molar-refractivity contribution in [3.05, 3.63) is 47.0 Å². The lowest BCUT2D eigenvalue weighted by Crippen LogP contribution is -2.40. The Morgan fingerprint density at radius 1 is 1.45 bits per heavy atom. The molecular formula is C16H20N4O2. The standard InChI is InChI=1S/C16H20N4O2/c1-11-5-4-6-14(18-11)16(21)20-8-12-7-17-19(2)15(12)13(9-20)10-22-3/h4-7,13H,8-10H2,1-3H3. The van der Waals surface area contributed by atoms with Crippen molar-refractivity contribution in [3.63, 3.8) is 0 Å². The zero-order valence-corrected chi connectivity index (χ0v) is 13.1. The van der Waals surface area contributed by atoms with Gasteiger partial charge in [0.05, 0.1) is 18.5 Å². The summed E-state index contributed by atoms with van der Waals surface area (Å²) in [5, 5.41) is 4.32. The fraction of sp³-hybridized carbons (Fsp3) is 0.438. The van der Waals surface area contributed by atoms with E-state index in [1.165, 1.54) is 0 Å². The van der Waals surface area contributed by atoms with Crippen molar-refractivity contribution in [2.45, 2.75) is 19.4 Å². The van der Waals surface area contributed by atoms with Gasteiger partial charge in [0.25, 0.3) is 5.91 Å². The maximum Gasteiger partial charge on any atom is 0.272 e. The summed E-state index contributed by atoms with van der Waals surface area (Å²) in [6.07, 6.45) is 1.83. The quantitative estimate of drug-likeness (QED) is 0.862. The van der Waals surface area contributed by atoms with Crippen LogP contribution in [-0.4, -0.2) is 45.8 Å². The van der Waals surface area contributed by atoms with E-state index in [2.05, 4.69) is 10.1 Å².